The first-order valence-corrected chi connectivity index (χ1v) is 23.4. The standard InChI is InChI=1S/C51H68N8O6/c1-9-58-44-18-17-38-27-40(44)41(47(58)39-15-11-20-54-45(39)34(4)64-8)28-51(5,6)31-65-50(62)42-16-12-22-59(56-42)49(61)43(26-35-13-10-14-37(38)25-35)55-48(60)46(33(2)3)57-23-19-36(30-57)29-53-32-52-21-24-63-7/h10-11,13-15,17-18,20,25,27,33-34,36,42-43,46,56H,9,12,16,19,21-24,26,28-31H2,1-8H3,(H,55,60)/t34-,36-,42-,43-,46?/m0/s1. The summed E-state index contributed by atoms with van der Waals surface area (Å²) in [6, 6.07) is 19.7. The lowest BCUT2D eigenvalue weighted by molar-refractivity contribution is -0.155. The summed E-state index contributed by atoms with van der Waals surface area (Å²) in [7, 11) is 3.34. The van der Waals surface area contributed by atoms with E-state index < -0.39 is 29.5 Å². The van der Waals surface area contributed by atoms with Crippen LogP contribution >= 0.6 is 0 Å². The molecule has 65 heavy (non-hydrogen) atoms. The van der Waals surface area contributed by atoms with Gasteiger partial charge in [0.2, 0.25) is 5.91 Å². The fourth-order valence-electron chi connectivity index (χ4n) is 9.80. The molecular weight excluding hydrogens is 821 g/mol. The fourth-order valence-corrected chi connectivity index (χ4v) is 9.80. The molecule has 0 spiro atoms. The van der Waals surface area contributed by atoms with Crippen molar-refractivity contribution in [3.63, 3.8) is 0 Å². The summed E-state index contributed by atoms with van der Waals surface area (Å²) >= 11 is 0. The summed E-state index contributed by atoms with van der Waals surface area (Å²) in [5, 5.41) is 5.86. The highest BCUT2D eigenvalue weighted by Crippen LogP contribution is 2.42. The molecule has 2 aromatic heterocycles. The Hall–Kier alpha value is -5.24. The van der Waals surface area contributed by atoms with Crippen LogP contribution in [0.3, 0.4) is 0 Å². The molecule has 0 radical (unpaired) electrons. The van der Waals surface area contributed by atoms with Crippen LogP contribution in [0.15, 0.2) is 70.8 Å². The Morgan fingerprint density at radius 1 is 1.05 bits per heavy atom. The van der Waals surface area contributed by atoms with Gasteiger partial charge in [0.25, 0.3) is 5.91 Å². The van der Waals surface area contributed by atoms with Crippen molar-refractivity contribution in [2.75, 3.05) is 60.2 Å². The number of likely N-dealkylation sites (tertiary alicyclic amines) is 1. The van der Waals surface area contributed by atoms with Crippen molar-refractivity contribution in [2.45, 2.75) is 104 Å². The zero-order chi connectivity index (χ0) is 46.3. The van der Waals surface area contributed by atoms with Crippen LogP contribution < -0.4 is 10.7 Å². The third kappa shape index (κ3) is 11.1. The third-order valence-corrected chi connectivity index (χ3v) is 13.1. The van der Waals surface area contributed by atoms with E-state index in [1.54, 1.807) is 14.2 Å². The number of cyclic esters (lactones) is 1. The van der Waals surface area contributed by atoms with Gasteiger partial charge in [0.15, 0.2) is 0 Å². The second-order valence-corrected chi connectivity index (χ2v) is 19.0. The van der Waals surface area contributed by atoms with E-state index in [0.717, 1.165) is 69.6 Å². The monoisotopic (exact) mass is 889 g/mol. The Labute approximate surface area is 384 Å². The fraction of sp³-hybridized carbons (Fsp3) is 0.549. The zero-order valence-electron chi connectivity index (χ0n) is 39.6. The highest BCUT2D eigenvalue weighted by molar-refractivity contribution is 5.95. The van der Waals surface area contributed by atoms with Crippen LogP contribution in [-0.2, 0) is 48.0 Å². The van der Waals surface area contributed by atoms with Crippen molar-refractivity contribution in [2.24, 2.45) is 27.2 Å². The van der Waals surface area contributed by atoms with Gasteiger partial charge in [-0.15, -0.1) is 0 Å². The number of esters is 1. The lowest BCUT2D eigenvalue weighted by Gasteiger charge is -2.36. The normalized spacial score (nSPS) is 21.4. The van der Waals surface area contributed by atoms with Gasteiger partial charge in [-0.05, 0) is 104 Å². The van der Waals surface area contributed by atoms with E-state index in [2.05, 4.69) is 93.4 Å². The maximum Gasteiger partial charge on any atom is 0.324 e. The number of nitrogens with one attached hydrogen (secondary N) is 2. The molecule has 7 rings (SSSR count). The summed E-state index contributed by atoms with van der Waals surface area (Å²) in [5.41, 5.74) is 10.9. The molecule has 2 aromatic carbocycles. The van der Waals surface area contributed by atoms with Crippen LogP contribution in [-0.4, -0.2) is 122 Å². The highest BCUT2D eigenvalue weighted by Gasteiger charge is 2.39. The Morgan fingerprint density at radius 2 is 1.86 bits per heavy atom. The molecule has 5 heterocycles. The van der Waals surface area contributed by atoms with E-state index in [4.69, 9.17) is 19.2 Å². The number of carbonyl (C=O) groups is 3. The SMILES string of the molecule is CCn1c(-c2cccnc2[C@H](C)OC)c2c3cc(ccc31)-c1cccc(c1)C[C@H](NC(=O)C(C(C)C)N1CC[C@@H](CN=C=NCCOC)C1)C(=O)N1CCC[C@H](N1)C(=O)OCC(C)(C)C2. The largest absolute Gasteiger partial charge is 0.464 e. The summed E-state index contributed by atoms with van der Waals surface area (Å²) in [6.07, 6.45) is 4.49. The van der Waals surface area contributed by atoms with E-state index in [0.29, 0.717) is 52.0 Å². The topological polar surface area (TPSA) is 152 Å². The molecule has 5 atom stereocenters. The van der Waals surface area contributed by atoms with Crippen molar-refractivity contribution in [3.8, 4) is 22.4 Å². The number of hydrazine groups is 1. The molecule has 3 aliphatic rings. The molecule has 0 saturated carbocycles. The van der Waals surface area contributed by atoms with E-state index in [1.165, 1.54) is 5.01 Å². The number of aromatic nitrogens is 2. The van der Waals surface area contributed by atoms with Gasteiger partial charge in [0.05, 0.1) is 55.8 Å². The zero-order valence-corrected chi connectivity index (χ0v) is 39.6. The van der Waals surface area contributed by atoms with Gasteiger partial charge in [0, 0.05) is 68.4 Å². The number of benzene rings is 2. The van der Waals surface area contributed by atoms with Crippen molar-refractivity contribution < 1.29 is 28.6 Å². The highest BCUT2D eigenvalue weighted by atomic mass is 16.5. The maximum absolute atomic E-state index is 14.7. The molecule has 2 amide bonds. The molecule has 2 fully saturated rings. The minimum Gasteiger partial charge on any atom is -0.464 e. The smallest absolute Gasteiger partial charge is 0.324 e. The number of hydrogen-bond acceptors (Lipinski definition) is 11. The summed E-state index contributed by atoms with van der Waals surface area (Å²) < 4.78 is 19.4. The molecule has 2 saturated heterocycles. The van der Waals surface area contributed by atoms with E-state index >= 15 is 0 Å². The quantitative estimate of drug-likeness (QED) is 0.0829. The molecule has 6 bridgehead atoms. The minimum absolute atomic E-state index is 0.0157. The molecule has 348 valence electrons. The number of fused-ring (bicyclic) bond motifs is 6. The Bertz CT molecular complexity index is 2390. The van der Waals surface area contributed by atoms with Crippen LogP contribution in [0, 0.1) is 17.3 Å². The molecule has 3 aliphatic heterocycles. The number of pyridine rings is 1. The first-order chi connectivity index (χ1) is 31.3. The van der Waals surface area contributed by atoms with Crippen molar-refractivity contribution in [3.05, 3.63) is 77.6 Å². The number of aliphatic imine (C=N–C) groups is 2. The van der Waals surface area contributed by atoms with Crippen LogP contribution in [0.1, 0.15) is 83.7 Å². The number of hydrogen-bond donors (Lipinski definition) is 2. The van der Waals surface area contributed by atoms with Gasteiger partial charge in [-0.1, -0.05) is 58.0 Å². The van der Waals surface area contributed by atoms with Gasteiger partial charge in [0.1, 0.15) is 12.1 Å². The average Bonchev–Trinajstić information content (AvgIpc) is 3.89. The number of aryl methyl sites for hydroxylation is 1. The maximum atomic E-state index is 14.7. The lowest BCUT2D eigenvalue weighted by Crippen LogP contribution is -2.62. The van der Waals surface area contributed by atoms with Gasteiger partial charge < -0.3 is 24.1 Å². The number of carbonyl (C=O) groups excluding carboxylic acids is 3. The summed E-state index contributed by atoms with van der Waals surface area (Å²) in [4.78, 5) is 58.8. The predicted octanol–water partition coefficient (Wildman–Crippen LogP) is 6.91. The van der Waals surface area contributed by atoms with Crippen LogP contribution in [0.5, 0.6) is 0 Å². The van der Waals surface area contributed by atoms with E-state index in [9.17, 15) is 14.4 Å². The molecule has 0 aliphatic carbocycles. The third-order valence-electron chi connectivity index (χ3n) is 13.1. The van der Waals surface area contributed by atoms with Crippen molar-refractivity contribution in [1.29, 1.82) is 0 Å². The Morgan fingerprint density at radius 3 is 2.63 bits per heavy atom. The van der Waals surface area contributed by atoms with Crippen molar-refractivity contribution in [1.82, 2.24) is 30.2 Å². The Balaban J connectivity index is 1.26. The Kier molecular flexibility index (Phi) is 15.7. The lowest BCUT2D eigenvalue weighted by atomic mass is 9.84. The number of methoxy groups -OCH3 is 2. The molecular formula is C51H68N8O6. The van der Waals surface area contributed by atoms with Crippen LogP contribution in [0.4, 0.5) is 0 Å². The second kappa shape index (κ2) is 21.4. The van der Waals surface area contributed by atoms with Crippen LogP contribution in [0.2, 0.25) is 0 Å². The molecule has 4 aromatic rings. The van der Waals surface area contributed by atoms with E-state index in [1.807, 2.05) is 45.2 Å². The van der Waals surface area contributed by atoms with E-state index in [-0.39, 0.29) is 42.8 Å². The minimum atomic E-state index is -0.899. The summed E-state index contributed by atoms with van der Waals surface area (Å²) in [6.45, 7) is 16.9. The molecule has 1 unspecified atom stereocenters. The second-order valence-electron chi connectivity index (χ2n) is 19.0. The first-order valence-electron chi connectivity index (χ1n) is 23.4. The summed E-state index contributed by atoms with van der Waals surface area (Å²) in [5.74, 6) is -0.630. The first kappa shape index (κ1) is 47.7. The van der Waals surface area contributed by atoms with Gasteiger partial charge in [-0.25, -0.2) is 15.4 Å². The van der Waals surface area contributed by atoms with Gasteiger partial charge >= 0.3 is 5.97 Å². The average molecular weight is 889 g/mol. The predicted molar refractivity (Wildman–Crippen MR) is 253 cm³/mol. The number of nitrogens with zero attached hydrogens (tertiary/aromatic N) is 6. The number of amides is 2. The van der Waals surface area contributed by atoms with Crippen LogP contribution in [0.25, 0.3) is 33.3 Å². The van der Waals surface area contributed by atoms with Gasteiger partial charge in [-0.3, -0.25) is 29.3 Å². The van der Waals surface area contributed by atoms with Gasteiger partial charge in [-0.2, -0.15) is 0 Å². The number of rotatable bonds is 13. The number of ether oxygens (including phenoxy) is 3. The molecule has 2 N–H and O–H groups in total. The van der Waals surface area contributed by atoms with Crippen molar-refractivity contribution >= 4 is 34.7 Å². The molecule has 14 nitrogen and oxygen atoms in total. The molecule has 14 heteroatoms.